The maximum absolute atomic E-state index is 10.0. The summed E-state index contributed by atoms with van der Waals surface area (Å²) >= 11 is 0. The molecule has 0 aliphatic rings. The van der Waals surface area contributed by atoms with E-state index in [1.807, 2.05) is 13.2 Å². The molecule has 1 heterocycles. The van der Waals surface area contributed by atoms with E-state index in [2.05, 4.69) is 42.4 Å². The van der Waals surface area contributed by atoms with Gasteiger partial charge >= 0.3 is 0 Å². The minimum atomic E-state index is -0.413. The fourth-order valence-corrected chi connectivity index (χ4v) is 2.00. The molecule has 0 amide bonds. The summed E-state index contributed by atoms with van der Waals surface area (Å²) in [5.41, 5.74) is 4.53. The lowest BCUT2D eigenvalue weighted by Crippen LogP contribution is -2.14. The first kappa shape index (κ1) is 12.8. The van der Waals surface area contributed by atoms with Crippen LogP contribution < -0.4 is 0 Å². The fraction of sp³-hybridized carbons (Fsp3) is 0.429. The van der Waals surface area contributed by atoms with Gasteiger partial charge in [-0.1, -0.05) is 23.4 Å². The minimum Gasteiger partial charge on any atom is -0.392 e. The molecule has 4 nitrogen and oxygen atoms in total. The highest BCUT2D eigenvalue weighted by Crippen LogP contribution is 2.13. The van der Waals surface area contributed by atoms with Crippen molar-refractivity contribution < 1.29 is 5.11 Å². The van der Waals surface area contributed by atoms with E-state index < -0.39 is 6.10 Å². The second-order valence-electron chi connectivity index (χ2n) is 4.86. The van der Waals surface area contributed by atoms with Crippen molar-refractivity contribution in [2.24, 2.45) is 7.05 Å². The molecule has 0 aliphatic carbocycles. The Kier molecular flexibility index (Phi) is 3.77. The van der Waals surface area contributed by atoms with Crippen molar-refractivity contribution in [3.63, 3.8) is 0 Å². The lowest BCUT2D eigenvalue weighted by atomic mass is 10.0. The van der Waals surface area contributed by atoms with Crippen LogP contribution in [0.4, 0.5) is 0 Å². The largest absolute Gasteiger partial charge is 0.392 e. The third-order valence-electron chi connectivity index (χ3n) is 3.14. The van der Waals surface area contributed by atoms with Crippen LogP contribution in [-0.2, 0) is 19.9 Å². The SMILES string of the molecule is Cc1ccc(CC(O)Cc2cn(C)nn2)cc1C. The normalized spacial score (nSPS) is 12.7. The third-order valence-corrected chi connectivity index (χ3v) is 3.14. The summed E-state index contributed by atoms with van der Waals surface area (Å²) in [4.78, 5) is 0. The van der Waals surface area contributed by atoms with Gasteiger partial charge in [0.1, 0.15) is 0 Å². The summed E-state index contributed by atoms with van der Waals surface area (Å²) in [5.74, 6) is 0. The van der Waals surface area contributed by atoms with Crippen LogP contribution >= 0.6 is 0 Å². The van der Waals surface area contributed by atoms with E-state index >= 15 is 0 Å². The topological polar surface area (TPSA) is 50.9 Å². The molecular weight excluding hydrogens is 226 g/mol. The monoisotopic (exact) mass is 245 g/mol. The Morgan fingerprint density at radius 1 is 1.22 bits per heavy atom. The van der Waals surface area contributed by atoms with Gasteiger partial charge in [0.15, 0.2) is 0 Å². The quantitative estimate of drug-likeness (QED) is 0.889. The van der Waals surface area contributed by atoms with E-state index in [0.717, 1.165) is 11.3 Å². The Morgan fingerprint density at radius 2 is 2.00 bits per heavy atom. The van der Waals surface area contributed by atoms with Crippen LogP contribution in [0.1, 0.15) is 22.4 Å². The minimum absolute atomic E-state index is 0.413. The van der Waals surface area contributed by atoms with E-state index in [1.165, 1.54) is 11.1 Å². The van der Waals surface area contributed by atoms with E-state index in [9.17, 15) is 5.11 Å². The molecule has 0 radical (unpaired) electrons. The number of hydrogen-bond donors (Lipinski definition) is 1. The molecule has 2 aromatic rings. The molecule has 96 valence electrons. The summed E-state index contributed by atoms with van der Waals surface area (Å²) < 4.78 is 1.65. The van der Waals surface area contributed by atoms with Crippen LogP contribution in [-0.4, -0.2) is 26.2 Å². The predicted molar refractivity (Wildman–Crippen MR) is 70.3 cm³/mol. The van der Waals surface area contributed by atoms with Crippen LogP contribution in [0, 0.1) is 13.8 Å². The summed E-state index contributed by atoms with van der Waals surface area (Å²) in [7, 11) is 1.83. The summed E-state index contributed by atoms with van der Waals surface area (Å²) in [6, 6.07) is 6.30. The van der Waals surface area contributed by atoms with Crippen molar-refractivity contribution >= 4 is 0 Å². The van der Waals surface area contributed by atoms with E-state index in [-0.39, 0.29) is 0 Å². The van der Waals surface area contributed by atoms with Crippen LogP contribution in [0.3, 0.4) is 0 Å². The van der Waals surface area contributed by atoms with E-state index in [1.54, 1.807) is 4.68 Å². The van der Waals surface area contributed by atoms with Crippen molar-refractivity contribution in [2.45, 2.75) is 32.8 Å². The molecule has 1 unspecified atom stereocenters. The Bertz CT molecular complexity index is 534. The van der Waals surface area contributed by atoms with Crippen molar-refractivity contribution in [1.82, 2.24) is 15.0 Å². The molecule has 0 fully saturated rings. The molecule has 0 spiro atoms. The molecular formula is C14H19N3O. The summed E-state index contributed by atoms with van der Waals surface area (Å²) in [5, 5.41) is 17.9. The molecule has 4 heteroatoms. The maximum atomic E-state index is 10.0. The Hall–Kier alpha value is -1.68. The zero-order valence-electron chi connectivity index (χ0n) is 11.1. The number of nitrogens with zero attached hydrogens (tertiary/aromatic N) is 3. The average Bonchev–Trinajstić information content (AvgIpc) is 2.69. The number of rotatable bonds is 4. The number of aliphatic hydroxyl groups is 1. The average molecular weight is 245 g/mol. The van der Waals surface area contributed by atoms with Gasteiger partial charge in [0, 0.05) is 19.7 Å². The number of aryl methyl sites for hydroxylation is 3. The molecule has 2 rings (SSSR count). The first-order valence-electron chi connectivity index (χ1n) is 6.14. The van der Waals surface area contributed by atoms with Gasteiger partial charge in [-0.3, -0.25) is 4.68 Å². The molecule has 1 atom stereocenters. The second kappa shape index (κ2) is 5.31. The smallest absolute Gasteiger partial charge is 0.0852 e. The Balaban J connectivity index is 1.98. The molecule has 0 bridgehead atoms. The summed E-state index contributed by atoms with van der Waals surface area (Å²) in [6.07, 6.45) is 2.62. The molecule has 1 aromatic heterocycles. The first-order chi connectivity index (χ1) is 8.54. The highest BCUT2D eigenvalue weighted by atomic mass is 16.3. The van der Waals surface area contributed by atoms with Crippen LogP contribution in [0.5, 0.6) is 0 Å². The lowest BCUT2D eigenvalue weighted by Gasteiger charge is -2.10. The highest BCUT2D eigenvalue weighted by molar-refractivity contribution is 5.30. The van der Waals surface area contributed by atoms with Crippen molar-refractivity contribution in [3.05, 3.63) is 46.8 Å². The number of aromatic nitrogens is 3. The first-order valence-corrected chi connectivity index (χ1v) is 6.14. The fourth-order valence-electron chi connectivity index (χ4n) is 2.00. The van der Waals surface area contributed by atoms with Gasteiger partial charge in [0.25, 0.3) is 0 Å². The Morgan fingerprint density at radius 3 is 2.61 bits per heavy atom. The Labute approximate surface area is 107 Å². The zero-order chi connectivity index (χ0) is 13.1. The van der Waals surface area contributed by atoms with Crippen molar-refractivity contribution in [2.75, 3.05) is 0 Å². The molecule has 0 saturated carbocycles. The van der Waals surface area contributed by atoms with Crippen LogP contribution in [0.2, 0.25) is 0 Å². The zero-order valence-corrected chi connectivity index (χ0v) is 11.1. The number of hydrogen-bond acceptors (Lipinski definition) is 3. The van der Waals surface area contributed by atoms with Gasteiger partial charge < -0.3 is 5.11 Å². The van der Waals surface area contributed by atoms with E-state index in [0.29, 0.717) is 12.8 Å². The van der Waals surface area contributed by atoms with Crippen LogP contribution in [0.25, 0.3) is 0 Å². The van der Waals surface area contributed by atoms with Gasteiger partial charge in [-0.2, -0.15) is 0 Å². The molecule has 0 saturated heterocycles. The van der Waals surface area contributed by atoms with Gasteiger partial charge in [0.2, 0.25) is 0 Å². The molecule has 18 heavy (non-hydrogen) atoms. The van der Waals surface area contributed by atoms with Gasteiger partial charge in [0.05, 0.1) is 11.8 Å². The van der Waals surface area contributed by atoms with Gasteiger partial charge in [-0.15, -0.1) is 5.10 Å². The van der Waals surface area contributed by atoms with Gasteiger partial charge in [-0.05, 0) is 37.0 Å². The highest BCUT2D eigenvalue weighted by Gasteiger charge is 2.09. The predicted octanol–water partition coefficient (Wildman–Crippen LogP) is 1.58. The molecule has 0 aliphatic heterocycles. The number of benzene rings is 1. The summed E-state index contributed by atoms with van der Waals surface area (Å²) in [6.45, 7) is 4.18. The molecule has 1 aromatic carbocycles. The maximum Gasteiger partial charge on any atom is 0.0852 e. The second-order valence-corrected chi connectivity index (χ2v) is 4.86. The van der Waals surface area contributed by atoms with Crippen LogP contribution in [0.15, 0.2) is 24.4 Å². The lowest BCUT2D eigenvalue weighted by molar-refractivity contribution is 0.174. The standard InChI is InChI=1S/C14H19N3O/c1-10-4-5-12(6-11(10)2)7-14(18)8-13-9-17(3)16-15-13/h4-6,9,14,18H,7-8H2,1-3H3. The third kappa shape index (κ3) is 3.17. The van der Waals surface area contributed by atoms with Crippen molar-refractivity contribution in [1.29, 1.82) is 0 Å². The van der Waals surface area contributed by atoms with Crippen molar-refractivity contribution in [3.8, 4) is 0 Å². The number of aliphatic hydroxyl groups excluding tert-OH is 1. The van der Waals surface area contributed by atoms with E-state index in [4.69, 9.17) is 0 Å². The molecule has 1 N–H and O–H groups in total. The van der Waals surface area contributed by atoms with Gasteiger partial charge in [-0.25, -0.2) is 0 Å².